The summed E-state index contributed by atoms with van der Waals surface area (Å²) < 4.78 is 10.7. The van der Waals surface area contributed by atoms with Crippen molar-refractivity contribution in [2.24, 2.45) is 17.8 Å². The molecule has 2 saturated carbocycles. The normalized spacial score (nSPS) is 37.2. The van der Waals surface area contributed by atoms with Gasteiger partial charge in [-0.05, 0) is 64.7 Å². The van der Waals surface area contributed by atoms with Gasteiger partial charge in [0, 0.05) is 5.54 Å². The predicted molar refractivity (Wildman–Crippen MR) is 81.5 cm³/mol. The number of epoxide rings is 1. The zero-order valence-corrected chi connectivity index (χ0v) is 14.0. The summed E-state index contributed by atoms with van der Waals surface area (Å²) in [6.45, 7) is 7.89. The Morgan fingerprint density at radius 2 is 1.91 bits per heavy atom. The van der Waals surface area contributed by atoms with Crippen LogP contribution in [0.4, 0.5) is 4.79 Å². The molecular formula is C17H27NO4. The van der Waals surface area contributed by atoms with Crippen LogP contribution in [0.1, 0.15) is 53.4 Å². The van der Waals surface area contributed by atoms with Gasteiger partial charge in [0.1, 0.15) is 0 Å². The molecule has 0 spiro atoms. The van der Waals surface area contributed by atoms with Gasteiger partial charge in [-0.2, -0.15) is 0 Å². The Labute approximate surface area is 132 Å². The quantitative estimate of drug-likeness (QED) is 0.793. The Bertz CT molecular complexity index is 468. The van der Waals surface area contributed by atoms with E-state index < -0.39 is 17.8 Å². The number of carbonyl (C=O) groups excluding carboxylic acids is 2. The second-order valence-corrected chi connectivity index (χ2v) is 8.31. The number of amides is 1. The van der Waals surface area contributed by atoms with Gasteiger partial charge >= 0.3 is 6.09 Å². The fraction of sp³-hybridized carbons (Fsp3) is 0.882. The highest BCUT2D eigenvalue weighted by molar-refractivity contribution is 5.94. The molecule has 1 heterocycles. The molecule has 0 aromatic carbocycles. The molecule has 0 aromatic rings. The van der Waals surface area contributed by atoms with E-state index in [0.29, 0.717) is 18.9 Å². The van der Waals surface area contributed by atoms with Crippen LogP contribution in [0.3, 0.4) is 0 Å². The number of alkyl carbamates (subject to hydrolysis) is 1. The van der Waals surface area contributed by atoms with Crippen LogP contribution in [0.5, 0.6) is 0 Å². The number of carbonyl (C=O) groups is 2. The summed E-state index contributed by atoms with van der Waals surface area (Å²) in [7, 11) is 0. The lowest BCUT2D eigenvalue weighted by atomic mass is 9.96. The summed E-state index contributed by atoms with van der Waals surface area (Å²) in [5, 5.41) is 2.77. The molecule has 1 N–H and O–H groups in total. The molecule has 0 aromatic heterocycles. The number of Topliss-reactive ketones (excluding diaryl/α,β-unsaturated/α-hetero) is 1. The molecule has 2 aliphatic carbocycles. The molecule has 5 nitrogen and oxygen atoms in total. The lowest BCUT2D eigenvalue weighted by Gasteiger charge is -2.24. The van der Waals surface area contributed by atoms with Crippen LogP contribution >= 0.6 is 0 Å². The third kappa shape index (κ3) is 3.29. The van der Waals surface area contributed by atoms with E-state index in [9.17, 15) is 9.59 Å². The summed E-state index contributed by atoms with van der Waals surface area (Å²) in [4.78, 5) is 24.6. The van der Waals surface area contributed by atoms with Gasteiger partial charge in [0.15, 0.2) is 11.7 Å². The Morgan fingerprint density at radius 1 is 1.32 bits per heavy atom. The summed E-state index contributed by atoms with van der Waals surface area (Å²) >= 11 is 0. The van der Waals surface area contributed by atoms with E-state index in [1.165, 1.54) is 19.3 Å². The lowest BCUT2D eigenvalue weighted by molar-refractivity contribution is -0.132. The van der Waals surface area contributed by atoms with E-state index in [1.54, 1.807) is 6.92 Å². The standard InChI is InChI=1S/C17H27NO4/c1-16(2,3)18-15(20)22-13(14(19)17(4)9-21-17)8-12-10-6-5-7-11(10)12/h10-13H,5-9H2,1-4H3,(H,18,20)/t10-,11-,13-,17+/m0/s1. The average Bonchev–Trinajstić information content (AvgIpc) is 3.22. The van der Waals surface area contributed by atoms with Gasteiger partial charge < -0.3 is 14.8 Å². The minimum absolute atomic E-state index is 0.0819. The van der Waals surface area contributed by atoms with Crippen molar-refractivity contribution < 1.29 is 19.1 Å². The monoisotopic (exact) mass is 309 g/mol. The molecule has 0 unspecified atom stereocenters. The number of ketones is 1. The van der Waals surface area contributed by atoms with Gasteiger partial charge in [-0.15, -0.1) is 0 Å². The van der Waals surface area contributed by atoms with E-state index in [2.05, 4.69) is 5.32 Å². The predicted octanol–water partition coefficient (Wildman–Crippen LogP) is 2.67. The summed E-state index contributed by atoms with van der Waals surface area (Å²) in [6.07, 6.45) is 3.30. The average molecular weight is 309 g/mol. The van der Waals surface area contributed by atoms with Crippen LogP contribution in [0.25, 0.3) is 0 Å². The van der Waals surface area contributed by atoms with Crippen LogP contribution in [0, 0.1) is 17.8 Å². The number of ether oxygens (including phenoxy) is 2. The Kier molecular flexibility index (Phi) is 3.75. The molecule has 0 radical (unpaired) electrons. The minimum Gasteiger partial charge on any atom is -0.438 e. The van der Waals surface area contributed by atoms with Gasteiger partial charge in [0.2, 0.25) is 5.78 Å². The zero-order chi connectivity index (χ0) is 16.1. The van der Waals surface area contributed by atoms with Crippen LogP contribution in [-0.2, 0) is 14.3 Å². The van der Waals surface area contributed by atoms with Gasteiger partial charge in [-0.25, -0.2) is 4.79 Å². The van der Waals surface area contributed by atoms with E-state index in [1.807, 2.05) is 20.8 Å². The molecule has 1 aliphatic heterocycles. The maximum absolute atomic E-state index is 12.6. The molecule has 3 aliphatic rings. The smallest absolute Gasteiger partial charge is 0.408 e. The van der Waals surface area contributed by atoms with Crippen molar-refractivity contribution in [3.8, 4) is 0 Å². The van der Waals surface area contributed by atoms with E-state index in [-0.39, 0.29) is 11.3 Å². The highest BCUT2D eigenvalue weighted by atomic mass is 16.6. The largest absolute Gasteiger partial charge is 0.438 e. The molecule has 1 saturated heterocycles. The first-order valence-electron chi connectivity index (χ1n) is 8.37. The third-order valence-electron chi connectivity index (χ3n) is 5.19. The highest BCUT2D eigenvalue weighted by Gasteiger charge is 2.57. The van der Waals surface area contributed by atoms with Crippen LogP contribution in [-0.4, -0.2) is 35.7 Å². The van der Waals surface area contributed by atoms with Crippen molar-refractivity contribution in [1.29, 1.82) is 0 Å². The topological polar surface area (TPSA) is 67.9 Å². The molecule has 3 fully saturated rings. The molecule has 124 valence electrons. The van der Waals surface area contributed by atoms with Crippen molar-refractivity contribution in [1.82, 2.24) is 5.32 Å². The second-order valence-electron chi connectivity index (χ2n) is 8.31. The van der Waals surface area contributed by atoms with Crippen LogP contribution in [0.2, 0.25) is 0 Å². The van der Waals surface area contributed by atoms with Crippen molar-refractivity contribution >= 4 is 11.9 Å². The van der Waals surface area contributed by atoms with Crippen molar-refractivity contribution in [3.63, 3.8) is 0 Å². The number of nitrogens with one attached hydrogen (secondary N) is 1. The summed E-state index contributed by atoms with van der Waals surface area (Å²) in [5.74, 6) is 1.96. The summed E-state index contributed by atoms with van der Waals surface area (Å²) in [6, 6.07) is 0. The van der Waals surface area contributed by atoms with Gasteiger partial charge in [-0.3, -0.25) is 4.79 Å². The third-order valence-corrected chi connectivity index (χ3v) is 5.19. The minimum atomic E-state index is -0.739. The van der Waals surface area contributed by atoms with E-state index in [0.717, 1.165) is 11.8 Å². The number of rotatable bonds is 5. The van der Waals surface area contributed by atoms with Gasteiger partial charge in [0.05, 0.1) is 6.61 Å². The molecule has 3 rings (SSSR count). The number of hydrogen-bond donors (Lipinski definition) is 1. The maximum Gasteiger partial charge on any atom is 0.408 e. The maximum atomic E-state index is 12.6. The first-order valence-corrected chi connectivity index (χ1v) is 8.37. The van der Waals surface area contributed by atoms with Gasteiger partial charge in [-0.1, -0.05) is 6.42 Å². The molecule has 4 atom stereocenters. The van der Waals surface area contributed by atoms with E-state index >= 15 is 0 Å². The van der Waals surface area contributed by atoms with Crippen molar-refractivity contribution in [2.75, 3.05) is 6.61 Å². The van der Waals surface area contributed by atoms with Crippen LogP contribution in [0.15, 0.2) is 0 Å². The molecule has 1 amide bonds. The van der Waals surface area contributed by atoms with Crippen molar-refractivity contribution in [2.45, 2.75) is 70.6 Å². The first-order chi connectivity index (χ1) is 10.2. The molecule has 0 bridgehead atoms. The second kappa shape index (κ2) is 5.22. The Balaban J connectivity index is 1.61. The van der Waals surface area contributed by atoms with E-state index in [4.69, 9.17) is 9.47 Å². The first kappa shape index (κ1) is 15.8. The number of fused-ring (bicyclic) bond motifs is 1. The number of hydrogen-bond acceptors (Lipinski definition) is 4. The lowest BCUT2D eigenvalue weighted by Crippen LogP contribution is -2.45. The SMILES string of the molecule is CC(C)(C)NC(=O)O[C@@H](CC1[C@H]2CCC[C@H]12)C(=O)[C@@]1(C)CO1. The highest BCUT2D eigenvalue weighted by Crippen LogP contribution is 2.59. The van der Waals surface area contributed by atoms with Gasteiger partial charge in [0.25, 0.3) is 0 Å². The molecular weight excluding hydrogens is 282 g/mol. The van der Waals surface area contributed by atoms with Crippen LogP contribution < -0.4 is 5.32 Å². The fourth-order valence-electron chi connectivity index (χ4n) is 3.83. The fourth-order valence-corrected chi connectivity index (χ4v) is 3.83. The summed E-state index contributed by atoms with van der Waals surface area (Å²) in [5.41, 5.74) is -1.11. The molecule has 22 heavy (non-hydrogen) atoms. The zero-order valence-electron chi connectivity index (χ0n) is 14.0. The Hall–Kier alpha value is -1.10. The molecule has 5 heteroatoms. The Morgan fingerprint density at radius 3 is 2.41 bits per heavy atom. The van der Waals surface area contributed by atoms with Crippen molar-refractivity contribution in [3.05, 3.63) is 0 Å².